The van der Waals surface area contributed by atoms with Gasteiger partial charge in [-0.3, -0.25) is 14.9 Å². The molecule has 3 N–H and O–H groups in total. The zero-order chi connectivity index (χ0) is 19.6. The number of anilines is 1. The number of carbonyl (C=O) groups excluding carboxylic acids is 4. The van der Waals surface area contributed by atoms with Crippen LogP contribution in [0, 0.1) is 0 Å². The van der Waals surface area contributed by atoms with E-state index in [0.29, 0.717) is 22.4 Å². The summed E-state index contributed by atoms with van der Waals surface area (Å²) in [5, 5.41) is 7.50. The largest absolute Gasteiger partial charge is 0.465 e. The molecule has 2 aromatic rings. The molecule has 0 aromatic heterocycles. The SMILES string of the molecule is COC(=O)c1ccc(C(=O)Nc2cccc(C3(C)NC(=O)NC3=O)c2)cc1. The van der Waals surface area contributed by atoms with Gasteiger partial charge in [0.2, 0.25) is 0 Å². The summed E-state index contributed by atoms with van der Waals surface area (Å²) in [5.41, 5.74) is 0.479. The van der Waals surface area contributed by atoms with Crippen LogP contribution in [0.4, 0.5) is 10.5 Å². The Kier molecular flexibility index (Phi) is 4.64. The van der Waals surface area contributed by atoms with E-state index in [4.69, 9.17) is 0 Å². The molecule has 27 heavy (non-hydrogen) atoms. The van der Waals surface area contributed by atoms with E-state index in [-0.39, 0.29) is 5.91 Å². The quantitative estimate of drug-likeness (QED) is 0.563. The second-order valence-corrected chi connectivity index (χ2v) is 6.14. The molecular formula is C19H17N3O5. The van der Waals surface area contributed by atoms with Crippen molar-refractivity contribution < 1.29 is 23.9 Å². The molecule has 1 fully saturated rings. The Morgan fingerprint density at radius 2 is 1.70 bits per heavy atom. The number of ether oxygens (including phenoxy) is 1. The Morgan fingerprint density at radius 3 is 2.30 bits per heavy atom. The van der Waals surface area contributed by atoms with Crippen LogP contribution in [-0.2, 0) is 15.1 Å². The van der Waals surface area contributed by atoms with Gasteiger partial charge in [-0.05, 0) is 48.9 Å². The van der Waals surface area contributed by atoms with Crippen LogP contribution in [-0.4, -0.2) is 30.9 Å². The van der Waals surface area contributed by atoms with E-state index < -0.39 is 23.4 Å². The van der Waals surface area contributed by atoms with Crippen LogP contribution in [0.5, 0.6) is 0 Å². The maximum absolute atomic E-state index is 12.4. The molecule has 0 bridgehead atoms. The van der Waals surface area contributed by atoms with E-state index in [1.165, 1.54) is 31.4 Å². The fourth-order valence-corrected chi connectivity index (χ4v) is 2.73. The average molecular weight is 367 g/mol. The number of hydrogen-bond donors (Lipinski definition) is 3. The van der Waals surface area contributed by atoms with E-state index in [2.05, 4.69) is 20.7 Å². The number of hydrogen-bond acceptors (Lipinski definition) is 5. The highest BCUT2D eigenvalue weighted by Crippen LogP contribution is 2.26. The van der Waals surface area contributed by atoms with E-state index in [1.54, 1.807) is 31.2 Å². The Hall–Kier alpha value is -3.68. The Labute approximate surface area is 154 Å². The number of methoxy groups -OCH3 is 1. The summed E-state index contributed by atoms with van der Waals surface area (Å²) in [7, 11) is 1.28. The maximum atomic E-state index is 12.4. The van der Waals surface area contributed by atoms with Crippen molar-refractivity contribution in [2.45, 2.75) is 12.5 Å². The summed E-state index contributed by atoms with van der Waals surface area (Å²) in [6, 6.07) is 12.1. The van der Waals surface area contributed by atoms with Gasteiger partial charge in [0.1, 0.15) is 5.54 Å². The van der Waals surface area contributed by atoms with Gasteiger partial charge in [0.25, 0.3) is 11.8 Å². The number of rotatable bonds is 4. The van der Waals surface area contributed by atoms with Gasteiger partial charge in [-0.25, -0.2) is 9.59 Å². The molecule has 0 spiro atoms. The second kappa shape index (κ2) is 6.91. The van der Waals surface area contributed by atoms with E-state index in [1.807, 2.05) is 0 Å². The molecule has 0 aliphatic carbocycles. The van der Waals surface area contributed by atoms with Crippen molar-refractivity contribution in [3.05, 3.63) is 65.2 Å². The standard InChI is InChI=1S/C19H17N3O5/c1-19(17(25)21-18(26)22-19)13-4-3-5-14(10-13)20-15(23)11-6-8-12(9-7-11)16(24)27-2/h3-10H,1-2H3,(H,20,23)(H2,21,22,25,26). The lowest BCUT2D eigenvalue weighted by molar-refractivity contribution is -0.123. The number of amides is 4. The lowest BCUT2D eigenvalue weighted by Crippen LogP contribution is -2.40. The minimum atomic E-state index is -1.21. The van der Waals surface area contributed by atoms with Gasteiger partial charge in [-0.15, -0.1) is 0 Å². The average Bonchev–Trinajstić information content (AvgIpc) is 2.94. The van der Waals surface area contributed by atoms with E-state index in [9.17, 15) is 19.2 Å². The summed E-state index contributed by atoms with van der Waals surface area (Å²) < 4.78 is 4.62. The van der Waals surface area contributed by atoms with Crippen molar-refractivity contribution in [1.29, 1.82) is 0 Å². The molecule has 4 amide bonds. The number of urea groups is 1. The zero-order valence-corrected chi connectivity index (χ0v) is 14.7. The second-order valence-electron chi connectivity index (χ2n) is 6.14. The summed E-state index contributed by atoms with van der Waals surface area (Å²) in [6.45, 7) is 1.58. The molecule has 8 nitrogen and oxygen atoms in total. The lowest BCUT2D eigenvalue weighted by Gasteiger charge is -2.21. The molecule has 3 rings (SSSR count). The fraction of sp³-hybridized carbons (Fsp3) is 0.158. The number of esters is 1. The molecule has 1 atom stereocenters. The highest BCUT2D eigenvalue weighted by Gasteiger charge is 2.43. The Morgan fingerprint density at radius 1 is 1.04 bits per heavy atom. The van der Waals surface area contributed by atoms with Crippen LogP contribution < -0.4 is 16.0 Å². The van der Waals surface area contributed by atoms with Gasteiger partial charge in [-0.2, -0.15) is 0 Å². The third-order valence-electron chi connectivity index (χ3n) is 4.31. The number of carbonyl (C=O) groups is 4. The molecule has 1 heterocycles. The lowest BCUT2D eigenvalue weighted by atomic mass is 9.92. The first-order valence-corrected chi connectivity index (χ1v) is 8.07. The van der Waals surface area contributed by atoms with Crippen molar-refractivity contribution in [1.82, 2.24) is 10.6 Å². The summed E-state index contributed by atoms with van der Waals surface area (Å²) in [6.07, 6.45) is 0. The number of benzene rings is 2. The summed E-state index contributed by atoms with van der Waals surface area (Å²) >= 11 is 0. The minimum absolute atomic E-state index is 0.340. The molecule has 1 saturated heterocycles. The van der Waals surface area contributed by atoms with Crippen LogP contribution in [0.25, 0.3) is 0 Å². The normalized spacial score (nSPS) is 18.4. The molecule has 1 aliphatic heterocycles. The smallest absolute Gasteiger partial charge is 0.337 e. The summed E-state index contributed by atoms with van der Waals surface area (Å²) in [5.74, 6) is -1.33. The third kappa shape index (κ3) is 3.50. The zero-order valence-electron chi connectivity index (χ0n) is 14.7. The van der Waals surface area contributed by atoms with Crippen molar-refractivity contribution in [2.75, 3.05) is 12.4 Å². The van der Waals surface area contributed by atoms with Crippen molar-refractivity contribution >= 4 is 29.5 Å². The molecule has 0 saturated carbocycles. The van der Waals surface area contributed by atoms with Crippen LogP contribution >= 0.6 is 0 Å². The molecular weight excluding hydrogens is 350 g/mol. The maximum Gasteiger partial charge on any atom is 0.337 e. The monoisotopic (exact) mass is 367 g/mol. The minimum Gasteiger partial charge on any atom is -0.465 e. The Bertz CT molecular complexity index is 939. The number of imide groups is 1. The van der Waals surface area contributed by atoms with Crippen LogP contribution in [0.15, 0.2) is 48.5 Å². The Balaban J connectivity index is 1.78. The van der Waals surface area contributed by atoms with Crippen molar-refractivity contribution in [2.24, 2.45) is 0 Å². The van der Waals surface area contributed by atoms with Crippen LogP contribution in [0.1, 0.15) is 33.2 Å². The third-order valence-corrected chi connectivity index (χ3v) is 4.31. The van der Waals surface area contributed by atoms with E-state index >= 15 is 0 Å². The highest BCUT2D eigenvalue weighted by molar-refractivity contribution is 6.08. The first kappa shape index (κ1) is 18.1. The molecule has 2 aromatic carbocycles. The molecule has 0 radical (unpaired) electrons. The predicted molar refractivity (Wildman–Crippen MR) is 96.2 cm³/mol. The topological polar surface area (TPSA) is 114 Å². The van der Waals surface area contributed by atoms with Crippen LogP contribution in [0.2, 0.25) is 0 Å². The molecule has 1 aliphatic rings. The van der Waals surface area contributed by atoms with Gasteiger partial charge in [-0.1, -0.05) is 12.1 Å². The molecule has 138 valence electrons. The first-order valence-electron chi connectivity index (χ1n) is 8.07. The number of nitrogens with one attached hydrogen (secondary N) is 3. The van der Waals surface area contributed by atoms with Crippen molar-refractivity contribution in [3.63, 3.8) is 0 Å². The molecule has 8 heteroatoms. The van der Waals surface area contributed by atoms with Crippen molar-refractivity contribution in [3.8, 4) is 0 Å². The fourth-order valence-electron chi connectivity index (χ4n) is 2.73. The predicted octanol–water partition coefficient (Wildman–Crippen LogP) is 1.78. The van der Waals surface area contributed by atoms with E-state index in [0.717, 1.165) is 0 Å². The summed E-state index contributed by atoms with van der Waals surface area (Å²) in [4.78, 5) is 47.4. The van der Waals surface area contributed by atoms with Gasteiger partial charge < -0.3 is 15.4 Å². The first-order chi connectivity index (χ1) is 12.8. The highest BCUT2D eigenvalue weighted by atomic mass is 16.5. The van der Waals surface area contributed by atoms with Gasteiger partial charge in [0, 0.05) is 11.3 Å². The van der Waals surface area contributed by atoms with Gasteiger partial charge >= 0.3 is 12.0 Å². The molecule has 1 unspecified atom stereocenters. The van der Waals surface area contributed by atoms with Crippen LogP contribution in [0.3, 0.4) is 0 Å². The van der Waals surface area contributed by atoms with Gasteiger partial charge in [0.15, 0.2) is 0 Å². The van der Waals surface area contributed by atoms with Gasteiger partial charge in [0.05, 0.1) is 12.7 Å².